The summed E-state index contributed by atoms with van der Waals surface area (Å²) in [5.74, 6) is -0.787. The van der Waals surface area contributed by atoms with Crippen molar-refractivity contribution in [2.75, 3.05) is 5.32 Å². The van der Waals surface area contributed by atoms with Gasteiger partial charge in [-0.15, -0.1) is 5.10 Å². The molecule has 0 saturated heterocycles. The highest BCUT2D eigenvalue weighted by atomic mass is 35.5. The summed E-state index contributed by atoms with van der Waals surface area (Å²) in [6.45, 7) is 0. The molecule has 0 unspecified atom stereocenters. The predicted octanol–water partition coefficient (Wildman–Crippen LogP) is 2.34. The number of hydrogen-bond donors (Lipinski definition) is 1. The topological polar surface area (TPSA) is 111 Å². The molecule has 0 spiro atoms. The highest BCUT2D eigenvalue weighted by Crippen LogP contribution is 2.31. The van der Waals surface area contributed by atoms with Crippen molar-refractivity contribution in [1.29, 1.82) is 0 Å². The maximum Gasteiger partial charge on any atom is 0.271 e. The largest absolute Gasteiger partial charge is 0.289 e. The van der Waals surface area contributed by atoms with Gasteiger partial charge in [0, 0.05) is 12.1 Å². The van der Waals surface area contributed by atoms with E-state index in [0.717, 1.165) is 12.1 Å². The number of non-ortho nitro benzene ring substituents is 1. The van der Waals surface area contributed by atoms with Crippen molar-refractivity contribution < 1.29 is 9.72 Å². The van der Waals surface area contributed by atoms with Gasteiger partial charge in [0.1, 0.15) is 0 Å². The molecule has 20 heavy (non-hydrogen) atoms. The third kappa shape index (κ3) is 2.98. The second kappa shape index (κ2) is 5.76. The predicted molar refractivity (Wildman–Crippen MR) is 70.9 cm³/mol. The fourth-order valence-electron chi connectivity index (χ4n) is 1.32. The molecule has 0 aliphatic carbocycles. The van der Waals surface area contributed by atoms with E-state index in [1.54, 1.807) is 0 Å². The van der Waals surface area contributed by atoms with E-state index in [9.17, 15) is 14.9 Å². The van der Waals surface area contributed by atoms with E-state index in [1.807, 2.05) is 0 Å². The van der Waals surface area contributed by atoms with Crippen molar-refractivity contribution in [3.8, 4) is 0 Å². The average molecular weight is 314 g/mol. The van der Waals surface area contributed by atoms with E-state index in [1.165, 1.54) is 12.4 Å². The summed E-state index contributed by atoms with van der Waals surface area (Å²) < 4.78 is 0. The summed E-state index contributed by atoms with van der Waals surface area (Å²) >= 11 is 11.6. The van der Waals surface area contributed by atoms with Gasteiger partial charge in [-0.25, -0.2) is 4.98 Å². The molecule has 8 nitrogen and oxygen atoms in total. The molecule has 2 rings (SSSR count). The van der Waals surface area contributed by atoms with Gasteiger partial charge in [0.15, 0.2) is 0 Å². The van der Waals surface area contributed by atoms with Crippen molar-refractivity contribution >= 4 is 40.7 Å². The molecule has 0 aliphatic rings. The number of hydrogen-bond acceptors (Lipinski definition) is 6. The Hall–Kier alpha value is -2.32. The van der Waals surface area contributed by atoms with Crippen LogP contribution in [0.5, 0.6) is 0 Å². The lowest BCUT2D eigenvalue weighted by molar-refractivity contribution is -0.384. The standard InChI is InChI=1S/C10H5Cl2N5O3/c11-7-4-5(17(19)20)3-6(8(7)12)9(18)15-10-13-1-2-14-16-10/h1-4H,(H,13,15,16,18). The molecule has 0 saturated carbocycles. The molecule has 0 aliphatic heterocycles. The van der Waals surface area contributed by atoms with Gasteiger partial charge in [0.25, 0.3) is 11.6 Å². The Morgan fingerprint density at radius 3 is 2.65 bits per heavy atom. The molecule has 0 fully saturated rings. The molecule has 1 aromatic heterocycles. The summed E-state index contributed by atoms with van der Waals surface area (Å²) in [6, 6.07) is 2.07. The second-order valence-electron chi connectivity index (χ2n) is 3.47. The summed E-state index contributed by atoms with van der Waals surface area (Å²) in [4.78, 5) is 25.8. The number of nitrogens with one attached hydrogen (secondary N) is 1. The lowest BCUT2D eigenvalue weighted by Gasteiger charge is -2.06. The first-order valence-electron chi connectivity index (χ1n) is 5.07. The summed E-state index contributed by atoms with van der Waals surface area (Å²) in [5.41, 5.74) is -0.505. The minimum atomic E-state index is -0.728. The van der Waals surface area contributed by atoms with Crippen LogP contribution in [-0.4, -0.2) is 26.0 Å². The molecule has 1 amide bonds. The van der Waals surface area contributed by atoms with Crippen molar-refractivity contribution in [2.24, 2.45) is 0 Å². The average Bonchev–Trinajstić information content (AvgIpc) is 2.42. The van der Waals surface area contributed by atoms with E-state index in [-0.39, 0.29) is 27.2 Å². The van der Waals surface area contributed by atoms with Crippen molar-refractivity contribution in [3.05, 3.63) is 50.2 Å². The zero-order valence-electron chi connectivity index (χ0n) is 9.58. The number of benzene rings is 1. The molecule has 2 aromatic rings. The number of nitro benzene ring substituents is 1. The van der Waals surface area contributed by atoms with Crippen LogP contribution in [0.15, 0.2) is 24.5 Å². The Balaban J connectivity index is 2.36. The van der Waals surface area contributed by atoms with E-state index < -0.39 is 10.8 Å². The number of anilines is 1. The van der Waals surface area contributed by atoms with Gasteiger partial charge in [-0.3, -0.25) is 20.2 Å². The lowest BCUT2D eigenvalue weighted by atomic mass is 10.2. The first kappa shape index (κ1) is 14.1. The first-order chi connectivity index (χ1) is 9.49. The molecule has 102 valence electrons. The van der Waals surface area contributed by atoms with Gasteiger partial charge in [-0.1, -0.05) is 23.2 Å². The van der Waals surface area contributed by atoms with Crippen LogP contribution in [0.1, 0.15) is 10.4 Å². The van der Waals surface area contributed by atoms with Crippen LogP contribution in [-0.2, 0) is 0 Å². The van der Waals surface area contributed by atoms with Crippen LogP contribution in [0.4, 0.5) is 11.6 Å². The van der Waals surface area contributed by atoms with Crippen LogP contribution in [0.3, 0.4) is 0 Å². The van der Waals surface area contributed by atoms with E-state index in [0.29, 0.717) is 0 Å². The monoisotopic (exact) mass is 313 g/mol. The zero-order chi connectivity index (χ0) is 14.7. The van der Waals surface area contributed by atoms with E-state index >= 15 is 0 Å². The Bertz CT molecular complexity index is 680. The molecule has 0 atom stereocenters. The van der Waals surface area contributed by atoms with Crippen LogP contribution in [0, 0.1) is 10.1 Å². The molecule has 0 radical (unpaired) electrons. The molecule has 10 heteroatoms. The van der Waals surface area contributed by atoms with Crippen LogP contribution >= 0.6 is 23.2 Å². The second-order valence-corrected chi connectivity index (χ2v) is 4.25. The minimum Gasteiger partial charge on any atom is -0.289 e. The normalized spacial score (nSPS) is 10.1. The fraction of sp³-hybridized carbons (Fsp3) is 0. The highest BCUT2D eigenvalue weighted by molar-refractivity contribution is 6.44. The number of nitro groups is 1. The van der Waals surface area contributed by atoms with Crippen molar-refractivity contribution in [3.63, 3.8) is 0 Å². The summed E-state index contributed by atoms with van der Waals surface area (Å²) in [6.07, 6.45) is 2.65. The Kier molecular flexibility index (Phi) is 4.06. The number of rotatable bonds is 3. The van der Waals surface area contributed by atoms with Gasteiger partial charge in [-0.2, -0.15) is 5.10 Å². The Morgan fingerprint density at radius 1 is 1.30 bits per heavy atom. The molecule has 1 heterocycles. The Morgan fingerprint density at radius 2 is 2.05 bits per heavy atom. The molecular formula is C10H5Cl2N5O3. The van der Waals surface area contributed by atoms with Gasteiger partial charge in [0.05, 0.1) is 32.9 Å². The Labute approximate surface area is 121 Å². The summed E-state index contributed by atoms with van der Waals surface area (Å²) in [7, 11) is 0. The van der Waals surface area contributed by atoms with Crippen LogP contribution in [0.25, 0.3) is 0 Å². The third-order valence-corrected chi connectivity index (χ3v) is 2.98. The lowest BCUT2D eigenvalue weighted by Crippen LogP contribution is -2.15. The first-order valence-corrected chi connectivity index (χ1v) is 5.83. The van der Waals surface area contributed by atoms with Crippen LogP contribution in [0.2, 0.25) is 10.0 Å². The smallest absolute Gasteiger partial charge is 0.271 e. The number of carbonyl (C=O) groups excluding carboxylic acids is 1. The van der Waals surface area contributed by atoms with Gasteiger partial charge < -0.3 is 0 Å². The maximum atomic E-state index is 12.0. The highest BCUT2D eigenvalue weighted by Gasteiger charge is 2.20. The number of halogens is 2. The number of carbonyl (C=O) groups is 1. The number of amides is 1. The van der Waals surface area contributed by atoms with Gasteiger partial charge in [0.2, 0.25) is 5.95 Å². The summed E-state index contributed by atoms with van der Waals surface area (Å²) in [5, 5.41) is 19.9. The molecule has 0 bridgehead atoms. The zero-order valence-corrected chi connectivity index (χ0v) is 11.1. The number of nitrogens with zero attached hydrogens (tertiary/aromatic N) is 4. The number of aromatic nitrogens is 3. The fourth-order valence-corrected chi connectivity index (χ4v) is 1.73. The quantitative estimate of drug-likeness (QED) is 0.687. The van der Waals surface area contributed by atoms with E-state index in [2.05, 4.69) is 20.5 Å². The van der Waals surface area contributed by atoms with Crippen LogP contribution < -0.4 is 5.32 Å². The molecule has 1 N–H and O–H groups in total. The maximum absolute atomic E-state index is 12.0. The molecular weight excluding hydrogens is 309 g/mol. The molecule has 1 aromatic carbocycles. The minimum absolute atomic E-state index is 0.0591. The van der Waals surface area contributed by atoms with Gasteiger partial charge >= 0.3 is 0 Å². The SMILES string of the molecule is O=C(Nc1nccnn1)c1cc([N+](=O)[O-])cc(Cl)c1Cl. The van der Waals surface area contributed by atoms with Gasteiger partial charge in [-0.05, 0) is 0 Å². The van der Waals surface area contributed by atoms with E-state index in [4.69, 9.17) is 23.2 Å². The third-order valence-electron chi connectivity index (χ3n) is 2.18. The van der Waals surface area contributed by atoms with Crippen molar-refractivity contribution in [2.45, 2.75) is 0 Å². The van der Waals surface area contributed by atoms with Crippen molar-refractivity contribution in [1.82, 2.24) is 15.2 Å².